The number of rotatable bonds is 5. The number of nitrogens with one attached hydrogen (secondary N) is 2. The second kappa shape index (κ2) is 6.09. The highest BCUT2D eigenvalue weighted by Crippen LogP contribution is 2.16. The Kier molecular flexibility index (Phi) is 4.45. The maximum Gasteiger partial charge on any atom is 0.120 e. The summed E-state index contributed by atoms with van der Waals surface area (Å²) in [7, 11) is 0. The van der Waals surface area contributed by atoms with Crippen molar-refractivity contribution in [1.82, 2.24) is 10.6 Å². The molecule has 2 rings (SSSR count). The van der Waals surface area contributed by atoms with Gasteiger partial charge in [-0.05, 0) is 31.2 Å². The maximum absolute atomic E-state index is 5.86. The summed E-state index contributed by atoms with van der Waals surface area (Å²) in [4.78, 5) is 0. The number of hydrogen-bond acceptors (Lipinski definition) is 3. The standard InChI is InChI=1S/C12H17ClN2O/c13-10-2-1-3-12(8-10)16-7-6-15-11-4-5-14-9-11/h1-3,8,11,14-15H,4-7,9H2. The fraction of sp³-hybridized carbons (Fsp3) is 0.500. The first-order valence-electron chi connectivity index (χ1n) is 5.67. The number of benzene rings is 1. The summed E-state index contributed by atoms with van der Waals surface area (Å²) in [5.74, 6) is 0.832. The van der Waals surface area contributed by atoms with Gasteiger partial charge in [0.1, 0.15) is 12.4 Å². The predicted octanol–water partition coefficient (Wildman–Crippen LogP) is 1.67. The van der Waals surface area contributed by atoms with Gasteiger partial charge in [0.05, 0.1) is 0 Å². The summed E-state index contributed by atoms with van der Waals surface area (Å²) in [6, 6.07) is 8.09. The normalized spacial score (nSPS) is 19.9. The number of halogens is 1. The topological polar surface area (TPSA) is 33.3 Å². The molecule has 1 fully saturated rings. The Bertz CT molecular complexity index is 327. The first kappa shape index (κ1) is 11.7. The van der Waals surface area contributed by atoms with Crippen LogP contribution in [0.15, 0.2) is 24.3 Å². The van der Waals surface area contributed by atoms with Crippen molar-refractivity contribution in [1.29, 1.82) is 0 Å². The minimum Gasteiger partial charge on any atom is -0.492 e. The Morgan fingerprint density at radius 3 is 3.19 bits per heavy atom. The highest BCUT2D eigenvalue weighted by atomic mass is 35.5. The Hall–Kier alpha value is -0.770. The van der Waals surface area contributed by atoms with E-state index in [0.717, 1.165) is 25.4 Å². The van der Waals surface area contributed by atoms with Crippen molar-refractivity contribution in [3.63, 3.8) is 0 Å². The molecule has 16 heavy (non-hydrogen) atoms. The first-order valence-corrected chi connectivity index (χ1v) is 6.05. The van der Waals surface area contributed by atoms with E-state index in [9.17, 15) is 0 Å². The van der Waals surface area contributed by atoms with Gasteiger partial charge < -0.3 is 15.4 Å². The zero-order valence-electron chi connectivity index (χ0n) is 9.21. The summed E-state index contributed by atoms with van der Waals surface area (Å²) >= 11 is 5.86. The zero-order valence-corrected chi connectivity index (χ0v) is 9.96. The lowest BCUT2D eigenvalue weighted by molar-refractivity contribution is 0.307. The van der Waals surface area contributed by atoms with Gasteiger partial charge in [0.2, 0.25) is 0 Å². The van der Waals surface area contributed by atoms with E-state index in [-0.39, 0.29) is 0 Å². The predicted molar refractivity (Wildman–Crippen MR) is 66.2 cm³/mol. The lowest BCUT2D eigenvalue weighted by atomic mass is 10.3. The molecular weight excluding hydrogens is 224 g/mol. The zero-order chi connectivity index (χ0) is 11.2. The van der Waals surface area contributed by atoms with Crippen LogP contribution in [-0.4, -0.2) is 32.3 Å². The van der Waals surface area contributed by atoms with Crippen molar-refractivity contribution in [2.75, 3.05) is 26.2 Å². The molecule has 1 saturated heterocycles. The monoisotopic (exact) mass is 240 g/mol. The van der Waals surface area contributed by atoms with Crippen LogP contribution in [0.5, 0.6) is 5.75 Å². The molecule has 0 radical (unpaired) electrons. The molecule has 88 valence electrons. The summed E-state index contributed by atoms with van der Waals surface area (Å²) in [5.41, 5.74) is 0. The maximum atomic E-state index is 5.86. The van der Waals surface area contributed by atoms with Gasteiger partial charge in [0.25, 0.3) is 0 Å². The molecule has 1 aromatic carbocycles. The van der Waals surface area contributed by atoms with Crippen molar-refractivity contribution < 1.29 is 4.74 Å². The van der Waals surface area contributed by atoms with E-state index < -0.39 is 0 Å². The first-order chi connectivity index (χ1) is 7.84. The Morgan fingerprint density at radius 1 is 1.50 bits per heavy atom. The molecular formula is C12H17ClN2O. The molecule has 0 aromatic heterocycles. The molecule has 1 atom stereocenters. The Balaban J connectivity index is 1.64. The van der Waals surface area contributed by atoms with Gasteiger partial charge in [0, 0.05) is 24.2 Å². The third-order valence-corrected chi connectivity index (χ3v) is 2.90. The fourth-order valence-electron chi connectivity index (χ4n) is 1.82. The minimum atomic E-state index is 0.600. The van der Waals surface area contributed by atoms with Gasteiger partial charge in [-0.2, -0.15) is 0 Å². The van der Waals surface area contributed by atoms with Crippen molar-refractivity contribution in [2.45, 2.75) is 12.5 Å². The summed E-state index contributed by atoms with van der Waals surface area (Å²) in [5, 5.41) is 7.48. The van der Waals surface area contributed by atoms with Crippen LogP contribution in [0.25, 0.3) is 0 Å². The van der Waals surface area contributed by atoms with Crippen molar-refractivity contribution in [2.24, 2.45) is 0 Å². The van der Waals surface area contributed by atoms with Crippen LogP contribution in [0.2, 0.25) is 5.02 Å². The molecule has 0 bridgehead atoms. The molecule has 0 spiro atoms. The van der Waals surface area contributed by atoms with E-state index in [2.05, 4.69) is 10.6 Å². The smallest absolute Gasteiger partial charge is 0.120 e. The molecule has 1 heterocycles. The Labute approximate surface area is 101 Å². The summed E-state index contributed by atoms with van der Waals surface area (Å²) in [6.45, 7) is 3.74. The lowest BCUT2D eigenvalue weighted by Gasteiger charge is -2.11. The van der Waals surface area contributed by atoms with Crippen LogP contribution in [0.3, 0.4) is 0 Å². The van der Waals surface area contributed by atoms with Crippen molar-refractivity contribution in [3.05, 3.63) is 29.3 Å². The quantitative estimate of drug-likeness (QED) is 0.769. The van der Waals surface area contributed by atoms with Crippen LogP contribution in [0.4, 0.5) is 0 Å². The van der Waals surface area contributed by atoms with Gasteiger partial charge in [-0.1, -0.05) is 17.7 Å². The highest BCUT2D eigenvalue weighted by molar-refractivity contribution is 6.30. The van der Waals surface area contributed by atoms with Gasteiger partial charge >= 0.3 is 0 Å². The van der Waals surface area contributed by atoms with Crippen LogP contribution in [-0.2, 0) is 0 Å². The average Bonchev–Trinajstić information content (AvgIpc) is 2.77. The SMILES string of the molecule is Clc1cccc(OCCNC2CCNC2)c1. The van der Waals surface area contributed by atoms with Crippen LogP contribution in [0.1, 0.15) is 6.42 Å². The second-order valence-electron chi connectivity index (χ2n) is 3.95. The van der Waals surface area contributed by atoms with Crippen molar-refractivity contribution in [3.8, 4) is 5.75 Å². The van der Waals surface area contributed by atoms with E-state index >= 15 is 0 Å². The molecule has 0 saturated carbocycles. The van der Waals surface area contributed by atoms with E-state index in [4.69, 9.17) is 16.3 Å². The minimum absolute atomic E-state index is 0.600. The lowest BCUT2D eigenvalue weighted by Crippen LogP contribution is -2.34. The molecule has 3 nitrogen and oxygen atoms in total. The van der Waals surface area contributed by atoms with Crippen LogP contribution >= 0.6 is 11.6 Å². The van der Waals surface area contributed by atoms with Crippen molar-refractivity contribution >= 4 is 11.6 Å². The highest BCUT2D eigenvalue weighted by Gasteiger charge is 2.12. The second-order valence-corrected chi connectivity index (χ2v) is 4.39. The average molecular weight is 241 g/mol. The van der Waals surface area contributed by atoms with Gasteiger partial charge in [-0.15, -0.1) is 0 Å². The van der Waals surface area contributed by atoms with E-state index in [1.54, 1.807) is 0 Å². The third kappa shape index (κ3) is 3.67. The van der Waals surface area contributed by atoms with E-state index in [1.165, 1.54) is 6.42 Å². The fourth-order valence-corrected chi connectivity index (χ4v) is 2.00. The molecule has 1 aliphatic rings. The molecule has 0 aliphatic carbocycles. The van der Waals surface area contributed by atoms with Gasteiger partial charge in [0.15, 0.2) is 0 Å². The largest absolute Gasteiger partial charge is 0.492 e. The molecule has 2 N–H and O–H groups in total. The molecule has 1 aromatic rings. The van der Waals surface area contributed by atoms with Gasteiger partial charge in [-0.3, -0.25) is 0 Å². The number of ether oxygens (including phenoxy) is 1. The summed E-state index contributed by atoms with van der Waals surface area (Å²) in [6.07, 6.45) is 1.21. The van der Waals surface area contributed by atoms with E-state index in [1.807, 2.05) is 24.3 Å². The van der Waals surface area contributed by atoms with Crippen LogP contribution in [0, 0.1) is 0 Å². The molecule has 1 aliphatic heterocycles. The summed E-state index contributed by atoms with van der Waals surface area (Å²) < 4.78 is 5.58. The number of hydrogen-bond donors (Lipinski definition) is 2. The Morgan fingerprint density at radius 2 is 2.44 bits per heavy atom. The molecule has 4 heteroatoms. The van der Waals surface area contributed by atoms with E-state index in [0.29, 0.717) is 17.7 Å². The van der Waals surface area contributed by atoms with Crippen LogP contribution < -0.4 is 15.4 Å². The van der Waals surface area contributed by atoms with Gasteiger partial charge in [-0.25, -0.2) is 0 Å². The third-order valence-electron chi connectivity index (χ3n) is 2.66. The molecule has 1 unspecified atom stereocenters. The molecule has 0 amide bonds.